The topological polar surface area (TPSA) is 78.4 Å². The number of rotatable bonds is 3. The minimum atomic E-state index is -0.913. The monoisotopic (exact) mass is 348 g/mol. The summed E-state index contributed by atoms with van der Waals surface area (Å²) in [6.45, 7) is 0. The van der Waals surface area contributed by atoms with Crippen LogP contribution in [-0.4, -0.2) is 23.1 Å². The van der Waals surface area contributed by atoms with Gasteiger partial charge in [0.1, 0.15) is 0 Å². The van der Waals surface area contributed by atoms with Crippen molar-refractivity contribution >= 4 is 52.5 Å². The Labute approximate surface area is 135 Å². The van der Waals surface area contributed by atoms with E-state index >= 15 is 0 Å². The summed E-state index contributed by atoms with van der Waals surface area (Å²) < 4.78 is 0. The van der Waals surface area contributed by atoms with E-state index in [1.807, 2.05) is 0 Å². The van der Waals surface area contributed by atoms with Crippen LogP contribution in [0, 0.1) is 5.92 Å². The smallest absolute Gasteiger partial charge is 0.319 e. The molecule has 0 radical (unpaired) electrons. The first-order chi connectivity index (χ1) is 9.86. The fourth-order valence-electron chi connectivity index (χ4n) is 1.93. The highest BCUT2D eigenvalue weighted by Gasteiger charge is 2.25. The van der Waals surface area contributed by atoms with Gasteiger partial charge < -0.3 is 15.7 Å². The third-order valence-electron chi connectivity index (χ3n) is 2.98. The molecule has 2 atom stereocenters. The number of anilines is 1. The molecule has 1 aliphatic carbocycles. The van der Waals surface area contributed by atoms with Crippen molar-refractivity contribution in [2.45, 2.75) is 12.5 Å². The Morgan fingerprint density at radius 1 is 1.10 bits per heavy atom. The fraction of sp³-hybridized carbons (Fsp3) is 0.231. The van der Waals surface area contributed by atoms with Gasteiger partial charge in [0.15, 0.2) is 0 Å². The number of halogens is 3. The molecule has 0 aliphatic heterocycles. The van der Waals surface area contributed by atoms with Gasteiger partial charge in [0, 0.05) is 0 Å². The number of nitrogens with one attached hydrogen (secondary N) is 2. The molecule has 1 aromatic carbocycles. The zero-order valence-electron chi connectivity index (χ0n) is 10.6. The highest BCUT2D eigenvalue weighted by Crippen LogP contribution is 2.32. The van der Waals surface area contributed by atoms with Gasteiger partial charge in [0.2, 0.25) is 0 Å². The van der Waals surface area contributed by atoms with Crippen molar-refractivity contribution in [3.05, 3.63) is 39.4 Å². The molecule has 0 aromatic heterocycles. The number of amides is 2. The lowest BCUT2D eigenvalue weighted by atomic mass is 10.1. The maximum absolute atomic E-state index is 11.9. The minimum Gasteiger partial charge on any atom is -0.481 e. The molecule has 21 heavy (non-hydrogen) atoms. The van der Waals surface area contributed by atoms with E-state index in [2.05, 4.69) is 10.6 Å². The zero-order valence-corrected chi connectivity index (χ0v) is 12.8. The molecule has 2 unspecified atom stereocenters. The molecule has 5 nitrogen and oxygen atoms in total. The lowest BCUT2D eigenvalue weighted by Gasteiger charge is -2.14. The van der Waals surface area contributed by atoms with Crippen molar-refractivity contribution < 1.29 is 14.7 Å². The maximum atomic E-state index is 11.9. The molecule has 8 heteroatoms. The van der Waals surface area contributed by atoms with Crippen LogP contribution in [-0.2, 0) is 4.79 Å². The Morgan fingerprint density at radius 3 is 2.38 bits per heavy atom. The summed E-state index contributed by atoms with van der Waals surface area (Å²) in [7, 11) is 0. The van der Waals surface area contributed by atoms with Crippen molar-refractivity contribution in [2.24, 2.45) is 5.92 Å². The SMILES string of the molecule is O=C(Nc1cc(Cl)c(Cl)cc1Cl)NC1C=CC(C(=O)O)C1. The van der Waals surface area contributed by atoms with Crippen LogP contribution in [0.1, 0.15) is 6.42 Å². The Kier molecular flexibility index (Phi) is 4.98. The number of urea groups is 1. The van der Waals surface area contributed by atoms with E-state index in [0.29, 0.717) is 12.1 Å². The predicted octanol–water partition coefficient (Wildman–Crippen LogP) is 3.80. The van der Waals surface area contributed by atoms with Crippen LogP contribution in [0.2, 0.25) is 15.1 Å². The van der Waals surface area contributed by atoms with Gasteiger partial charge in [0.25, 0.3) is 0 Å². The Bertz CT molecular complexity index is 619. The van der Waals surface area contributed by atoms with Gasteiger partial charge in [-0.3, -0.25) is 4.79 Å². The molecule has 0 bridgehead atoms. The first-order valence-corrected chi connectivity index (χ1v) is 7.13. The minimum absolute atomic E-state index is 0.255. The van der Waals surface area contributed by atoms with Crippen LogP contribution < -0.4 is 10.6 Å². The molecule has 0 fully saturated rings. The number of carbonyl (C=O) groups excluding carboxylic acids is 1. The molecular formula is C13H11Cl3N2O3. The summed E-state index contributed by atoms with van der Waals surface area (Å²) >= 11 is 17.6. The third kappa shape index (κ3) is 4.03. The summed E-state index contributed by atoms with van der Waals surface area (Å²) in [4.78, 5) is 22.7. The standard InChI is InChI=1S/C13H11Cl3N2O3/c14-8-4-10(16)11(5-9(8)15)18-13(21)17-7-2-1-6(3-7)12(19)20/h1-2,4-7H,3H2,(H,19,20)(H2,17,18,21). The molecule has 2 amide bonds. The Morgan fingerprint density at radius 2 is 1.76 bits per heavy atom. The second kappa shape index (κ2) is 6.56. The summed E-state index contributed by atoms with van der Waals surface area (Å²) in [5, 5.41) is 14.9. The van der Waals surface area contributed by atoms with Crippen LogP contribution in [0.5, 0.6) is 0 Å². The van der Waals surface area contributed by atoms with Gasteiger partial charge in [-0.1, -0.05) is 47.0 Å². The van der Waals surface area contributed by atoms with Crippen molar-refractivity contribution in [2.75, 3.05) is 5.32 Å². The van der Waals surface area contributed by atoms with Crippen LogP contribution in [0.25, 0.3) is 0 Å². The number of hydrogen-bond acceptors (Lipinski definition) is 2. The molecule has 0 spiro atoms. The highest BCUT2D eigenvalue weighted by atomic mass is 35.5. The highest BCUT2D eigenvalue weighted by molar-refractivity contribution is 6.44. The first-order valence-electron chi connectivity index (χ1n) is 6.00. The molecule has 1 aromatic rings. The van der Waals surface area contributed by atoms with Crippen LogP contribution >= 0.6 is 34.8 Å². The molecule has 0 heterocycles. The van der Waals surface area contributed by atoms with E-state index in [4.69, 9.17) is 39.9 Å². The summed E-state index contributed by atoms with van der Waals surface area (Å²) in [6.07, 6.45) is 3.52. The van der Waals surface area contributed by atoms with E-state index in [9.17, 15) is 9.59 Å². The number of carboxylic acid groups (broad SMARTS) is 1. The molecule has 112 valence electrons. The Balaban J connectivity index is 1.96. The quantitative estimate of drug-likeness (QED) is 0.574. The molecule has 3 N–H and O–H groups in total. The first kappa shape index (κ1) is 15.9. The van der Waals surface area contributed by atoms with E-state index in [0.717, 1.165) is 0 Å². The Hall–Kier alpha value is -1.43. The van der Waals surface area contributed by atoms with Crippen LogP contribution in [0.3, 0.4) is 0 Å². The van der Waals surface area contributed by atoms with E-state index in [1.165, 1.54) is 12.1 Å². The average Bonchev–Trinajstić information content (AvgIpc) is 2.84. The molecular weight excluding hydrogens is 339 g/mol. The van der Waals surface area contributed by atoms with E-state index < -0.39 is 17.9 Å². The van der Waals surface area contributed by atoms with Gasteiger partial charge in [0.05, 0.1) is 32.7 Å². The van der Waals surface area contributed by atoms with Gasteiger partial charge in [-0.25, -0.2) is 4.79 Å². The van der Waals surface area contributed by atoms with Gasteiger partial charge in [-0.2, -0.15) is 0 Å². The number of aliphatic carboxylic acids is 1. The summed E-state index contributed by atoms with van der Waals surface area (Å²) in [5.41, 5.74) is 0.320. The molecule has 1 aliphatic rings. The maximum Gasteiger partial charge on any atom is 0.319 e. The van der Waals surface area contributed by atoms with Gasteiger partial charge in [-0.15, -0.1) is 0 Å². The lowest BCUT2D eigenvalue weighted by molar-refractivity contribution is -0.140. The van der Waals surface area contributed by atoms with Crippen molar-refractivity contribution in [1.29, 1.82) is 0 Å². The van der Waals surface area contributed by atoms with Crippen molar-refractivity contribution in [1.82, 2.24) is 5.32 Å². The lowest BCUT2D eigenvalue weighted by Crippen LogP contribution is -2.36. The molecule has 0 saturated heterocycles. The second-order valence-electron chi connectivity index (χ2n) is 4.52. The summed E-state index contributed by atoms with van der Waals surface area (Å²) in [6, 6.07) is 2.02. The predicted molar refractivity (Wildman–Crippen MR) is 82.3 cm³/mol. The second-order valence-corrected chi connectivity index (χ2v) is 5.74. The zero-order chi connectivity index (χ0) is 15.6. The largest absolute Gasteiger partial charge is 0.481 e. The van der Waals surface area contributed by atoms with Gasteiger partial charge in [-0.05, 0) is 18.6 Å². The normalized spacial score (nSPS) is 20.3. The van der Waals surface area contributed by atoms with E-state index in [-0.39, 0.29) is 21.1 Å². The van der Waals surface area contributed by atoms with Crippen LogP contribution in [0.4, 0.5) is 10.5 Å². The van der Waals surface area contributed by atoms with Gasteiger partial charge >= 0.3 is 12.0 Å². The number of carboxylic acids is 1. The molecule has 2 rings (SSSR count). The number of hydrogen-bond donors (Lipinski definition) is 3. The third-order valence-corrected chi connectivity index (χ3v) is 4.01. The fourth-order valence-corrected chi connectivity index (χ4v) is 2.53. The van der Waals surface area contributed by atoms with E-state index in [1.54, 1.807) is 12.2 Å². The summed E-state index contributed by atoms with van der Waals surface area (Å²) in [5.74, 6) is -1.49. The van der Waals surface area contributed by atoms with Crippen molar-refractivity contribution in [3.8, 4) is 0 Å². The average molecular weight is 350 g/mol. The number of benzene rings is 1. The van der Waals surface area contributed by atoms with Crippen LogP contribution in [0.15, 0.2) is 24.3 Å². The molecule has 0 saturated carbocycles. The number of carbonyl (C=O) groups is 2. The van der Waals surface area contributed by atoms with Crippen molar-refractivity contribution in [3.63, 3.8) is 0 Å².